The lowest BCUT2D eigenvalue weighted by Crippen LogP contribution is -2.54. The Morgan fingerprint density at radius 3 is 2.32 bits per heavy atom. The third-order valence-electron chi connectivity index (χ3n) is 13.9. The van der Waals surface area contributed by atoms with E-state index in [9.17, 15) is 28.8 Å². The number of pyridine rings is 2. The number of benzene rings is 2. The van der Waals surface area contributed by atoms with Gasteiger partial charge >= 0.3 is 0 Å². The molecule has 2 unspecified atom stereocenters. The Labute approximate surface area is 397 Å². The molecule has 3 aromatic heterocycles. The van der Waals surface area contributed by atoms with E-state index in [-0.39, 0.29) is 48.0 Å². The Morgan fingerprint density at radius 1 is 0.868 bits per heavy atom. The van der Waals surface area contributed by atoms with Gasteiger partial charge in [-0.3, -0.25) is 43.9 Å². The topological polar surface area (TPSA) is 179 Å². The predicted octanol–water partition coefficient (Wildman–Crippen LogP) is 7.55. The fourth-order valence-electron chi connectivity index (χ4n) is 9.91. The molecule has 3 N–H and O–H groups in total. The van der Waals surface area contributed by atoms with Crippen molar-refractivity contribution >= 4 is 46.3 Å². The van der Waals surface area contributed by atoms with E-state index in [0.717, 1.165) is 121 Å². The van der Waals surface area contributed by atoms with E-state index in [1.165, 1.54) is 12.8 Å². The highest BCUT2D eigenvalue weighted by molar-refractivity contribution is 6.24. The molecule has 2 atom stereocenters. The lowest BCUT2D eigenvalue weighted by Gasteiger charge is -2.35. The summed E-state index contributed by atoms with van der Waals surface area (Å²) in [5, 5.41) is 6.19. The van der Waals surface area contributed by atoms with Crippen molar-refractivity contribution in [2.75, 3.05) is 44.2 Å². The number of ether oxygens (including phenoxy) is 1. The maximum atomic E-state index is 14.0. The fraction of sp³-hybridized carbons (Fsp3) is 0.453. The monoisotopic (exact) mass is 924 g/mol. The number of piperidine rings is 1. The van der Waals surface area contributed by atoms with Crippen LogP contribution in [-0.2, 0) is 16.1 Å². The third-order valence-corrected chi connectivity index (χ3v) is 13.9. The zero-order chi connectivity index (χ0) is 48.1. The van der Waals surface area contributed by atoms with E-state index < -0.39 is 29.7 Å². The molecule has 15 nitrogen and oxygen atoms in total. The normalized spacial score (nSPS) is 16.9. The number of H-pyrrole nitrogens is 1. The minimum atomic E-state index is -1.00. The van der Waals surface area contributed by atoms with Crippen molar-refractivity contribution in [3.63, 3.8) is 0 Å². The Balaban J connectivity index is 0.767. The molecular weight excluding hydrogens is 861 g/mol. The van der Waals surface area contributed by atoms with Crippen LogP contribution in [0.3, 0.4) is 0 Å². The molecule has 15 heteroatoms. The summed E-state index contributed by atoms with van der Waals surface area (Å²) in [5.41, 5.74) is 6.88. The van der Waals surface area contributed by atoms with Crippen molar-refractivity contribution in [2.45, 2.75) is 117 Å². The lowest BCUT2D eigenvalue weighted by molar-refractivity contribution is -0.136. The zero-order valence-electron chi connectivity index (χ0n) is 40.0. The van der Waals surface area contributed by atoms with E-state index in [0.29, 0.717) is 23.5 Å². The maximum absolute atomic E-state index is 14.0. The zero-order valence-corrected chi connectivity index (χ0v) is 40.0. The van der Waals surface area contributed by atoms with Crippen LogP contribution >= 0.6 is 0 Å². The molecule has 3 aliphatic heterocycles. The summed E-state index contributed by atoms with van der Waals surface area (Å²) >= 11 is 0. The first-order chi connectivity index (χ1) is 32.8. The fourth-order valence-corrected chi connectivity index (χ4v) is 9.91. The summed E-state index contributed by atoms with van der Waals surface area (Å²) in [4.78, 5) is 90.8. The molecule has 358 valence electrons. The number of carbonyl (C=O) groups excluding carboxylic acids is 5. The molecule has 0 saturated carbocycles. The number of amides is 5. The number of carbonyl (C=O) groups is 5. The number of fused-ring (bicyclic) bond motifs is 2. The number of hydrogen-bond acceptors (Lipinski definition) is 10. The standard InChI is InChI=1S/C53H64N8O7/c1-6-36(5)60-32-34(3)47-40(49(63)55-31-41-33(2)27-35(4)56-50(41)64)28-38(29-43(47)60)37-17-19-45(54-30-37)59-24-22-58(23-25-59)21-12-10-8-7-9-11-13-26-68-44-16-14-15-39-48(44)53(67)61(52(39)66)42-18-20-46(62)57-51(42)65/h14-17,19,27-30,32,36,42H,6-13,18,20-26,31H2,1-5H3,(H,55,63)(H,56,64)(H,57,62,65). The van der Waals surface area contributed by atoms with Crippen LogP contribution in [0.2, 0.25) is 0 Å². The number of nitrogens with one attached hydrogen (secondary N) is 3. The number of unbranched alkanes of at least 4 members (excludes halogenated alkanes) is 6. The average Bonchev–Trinajstić information content (AvgIpc) is 3.80. The molecule has 6 heterocycles. The van der Waals surface area contributed by atoms with Gasteiger partial charge in [-0.15, -0.1) is 0 Å². The predicted molar refractivity (Wildman–Crippen MR) is 262 cm³/mol. The molecule has 2 aromatic carbocycles. The van der Waals surface area contributed by atoms with Gasteiger partial charge in [-0.2, -0.15) is 0 Å². The minimum absolute atomic E-state index is 0.0757. The molecule has 5 amide bonds. The van der Waals surface area contributed by atoms with Crippen LogP contribution in [0.15, 0.2) is 65.7 Å². The Kier molecular flexibility index (Phi) is 14.9. The second kappa shape index (κ2) is 21.1. The first-order valence-corrected chi connectivity index (χ1v) is 24.4. The molecule has 0 radical (unpaired) electrons. The van der Waals surface area contributed by atoms with Gasteiger partial charge in [0.2, 0.25) is 11.8 Å². The number of aromatic nitrogens is 3. The van der Waals surface area contributed by atoms with Crippen LogP contribution in [-0.4, -0.2) is 99.2 Å². The van der Waals surface area contributed by atoms with E-state index in [2.05, 4.69) is 68.2 Å². The highest BCUT2D eigenvalue weighted by Crippen LogP contribution is 2.36. The Bertz CT molecular complexity index is 2770. The van der Waals surface area contributed by atoms with Crippen molar-refractivity contribution in [1.82, 2.24) is 35.0 Å². The molecule has 2 saturated heterocycles. The molecule has 68 heavy (non-hydrogen) atoms. The molecule has 0 bridgehead atoms. The number of aryl methyl sites for hydroxylation is 3. The first kappa shape index (κ1) is 47.9. The quantitative estimate of drug-likeness (QED) is 0.0553. The number of piperazine rings is 1. The van der Waals surface area contributed by atoms with Crippen LogP contribution in [0.25, 0.3) is 22.0 Å². The van der Waals surface area contributed by atoms with Crippen molar-refractivity contribution < 1.29 is 28.7 Å². The van der Waals surface area contributed by atoms with Crippen LogP contribution in [0, 0.1) is 20.8 Å². The van der Waals surface area contributed by atoms with Gasteiger partial charge in [0, 0.05) is 90.9 Å². The number of aromatic amines is 1. The summed E-state index contributed by atoms with van der Waals surface area (Å²) < 4.78 is 8.26. The smallest absolute Gasteiger partial charge is 0.266 e. The van der Waals surface area contributed by atoms with Gasteiger partial charge < -0.3 is 24.5 Å². The Morgan fingerprint density at radius 2 is 1.62 bits per heavy atom. The van der Waals surface area contributed by atoms with Crippen molar-refractivity contribution in [3.05, 3.63) is 110 Å². The summed E-state index contributed by atoms with van der Waals surface area (Å²) in [5.74, 6) is -1.05. The maximum Gasteiger partial charge on any atom is 0.266 e. The first-order valence-electron chi connectivity index (χ1n) is 24.4. The second-order valence-electron chi connectivity index (χ2n) is 18.7. The van der Waals surface area contributed by atoms with Gasteiger partial charge in [-0.05, 0) is 119 Å². The highest BCUT2D eigenvalue weighted by Gasteiger charge is 2.46. The number of rotatable bonds is 19. The summed E-state index contributed by atoms with van der Waals surface area (Å²) in [6.07, 6.45) is 12.8. The van der Waals surface area contributed by atoms with Crippen molar-refractivity contribution in [2.24, 2.45) is 0 Å². The van der Waals surface area contributed by atoms with Crippen LogP contribution in [0.1, 0.15) is 138 Å². The largest absolute Gasteiger partial charge is 0.493 e. The van der Waals surface area contributed by atoms with E-state index >= 15 is 0 Å². The molecule has 0 spiro atoms. The van der Waals surface area contributed by atoms with Gasteiger partial charge in [0.05, 0.1) is 17.7 Å². The summed E-state index contributed by atoms with van der Waals surface area (Å²) in [6.45, 7) is 15.6. The second-order valence-corrected chi connectivity index (χ2v) is 18.7. The average molecular weight is 925 g/mol. The van der Waals surface area contributed by atoms with E-state index in [1.807, 2.05) is 39.1 Å². The van der Waals surface area contributed by atoms with E-state index in [4.69, 9.17) is 9.72 Å². The SMILES string of the molecule is CCC(C)n1cc(C)c2c(C(=O)NCc3c(C)cc(C)[nH]c3=O)cc(-c3ccc(N4CCN(CCCCCCCCCOc5cccc6c5C(=O)N(C5CCC(=O)NC5=O)C6=O)CC4)nc3)cc21. The number of nitrogens with zero attached hydrogens (tertiary/aromatic N) is 5. The highest BCUT2D eigenvalue weighted by atomic mass is 16.5. The Hall–Kier alpha value is -6.61. The van der Waals surface area contributed by atoms with Gasteiger partial charge in [0.1, 0.15) is 17.6 Å². The minimum Gasteiger partial charge on any atom is -0.493 e. The molecule has 8 rings (SSSR count). The summed E-state index contributed by atoms with van der Waals surface area (Å²) in [7, 11) is 0. The van der Waals surface area contributed by atoms with E-state index in [1.54, 1.807) is 18.2 Å². The third kappa shape index (κ3) is 10.3. The molecule has 5 aromatic rings. The molecule has 3 aliphatic rings. The van der Waals surface area contributed by atoms with Gasteiger partial charge in [-0.1, -0.05) is 45.1 Å². The van der Waals surface area contributed by atoms with Crippen LogP contribution in [0.5, 0.6) is 5.75 Å². The molecular formula is C53H64N8O7. The lowest BCUT2D eigenvalue weighted by atomic mass is 9.98. The molecule has 2 fully saturated rings. The van der Waals surface area contributed by atoms with Crippen LogP contribution < -0.4 is 25.8 Å². The number of hydrogen-bond donors (Lipinski definition) is 3. The van der Waals surface area contributed by atoms with Gasteiger partial charge in [0.15, 0.2) is 0 Å². The van der Waals surface area contributed by atoms with Gasteiger partial charge in [0.25, 0.3) is 23.3 Å². The van der Waals surface area contributed by atoms with Crippen molar-refractivity contribution in [3.8, 4) is 16.9 Å². The van der Waals surface area contributed by atoms with Crippen molar-refractivity contribution in [1.29, 1.82) is 0 Å². The van der Waals surface area contributed by atoms with Crippen LogP contribution in [0.4, 0.5) is 5.82 Å². The number of imide groups is 2. The number of anilines is 1. The van der Waals surface area contributed by atoms with Gasteiger partial charge in [-0.25, -0.2) is 4.98 Å². The summed E-state index contributed by atoms with van der Waals surface area (Å²) in [6, 6.07) is 14.4. The molecule has 0 aliphatic carbocycles.